The van der Waals surface area contributed by atoms with Crippen molar-refractivity contribution in [2.75, 3.05) is 34.4 Å². The van der Waals surface area contributed by atoms with Crippen LogP contribution in [0.15, 0.2) is 30.3 Å². The molecule has 1 aromatic carbocycles. The Balaban J connectivity index is 1.46. The van der Waals surface area contributed by atoms with Crippen LogP contribution >= 0.6 is 0 Å². The number of aliphatic hydroxyl groups is 1. The third-order valence-electron chi connectivity index (χ3n) is 12.9. The molecule has 0 unspecified atom stereocenters. The quantitative estimate of drug-likeness (QED) is 0.200. The van der Waals surface area contributed by atoms with E-state index in [1.807, 2.05) is 69.9 Å². The van der Waals surface area contributed by atoms with Crippen LogP contribution in [0.5, 0.6) is 0 Å². The molecule has 0 aromatic heterocycles. The lowest BCUT2D eigenvalue weighted by Gasteiger charge is -2.41. The Labute approximate surface area is 329 Å². The lowest BCUT2D eigenvalue weighted by Crippen LogP contribution is -2.60. The Morgan fingerprint density at radius 2 is 1.67 bits per heavy atom. The summed E-state index contributed by atoms with van der Waals surface area (Å²) in [5, 5.41) is 13.1. The maximum Gasteiger partial charge on any atom is 0.245 e. The number of fused-ring (bicyclic) bond motifs is 2. The topological polar surface area (TPSA) is 146 Å². The fourth-order valence-corrected chi connectivity index (χ4v) is 9.71. The maximum atomic E-state index is 14.4. The lowest BCUT2D eigenvalue weighted by molar-refractivity contribution is -0.148. The molecule has 308 valence electrons. The van der Waals surface area contributed by atoms with E-state index in [4.69, 9.17) is 9.47 Å². The Kier molecular flexibility index (Phi) is 16.3. The highest BCUT2D eigenvalue weighted by atomic mass is 16.5. The molecule has 2 aliphatic heterocycles. The number of aliphatic hydroxyl groups excluding tert-OH is 1. The van der Waals surface area contributed by atoms with Gasteiger partial charge < -0.3 is 34.6 Å². The minimum absolute atomic E-state index is 0.00546. The molecule has 11 atom stereocenters. The van der Waals surface area contributed by atoms with E-state index in [9.17, 15) is 29.1 Å². The van der Waals surface area contributed by atoms with Gasteiger partial charge in [0.1, 0.15) is 17.9 Å². The van der Waals surface area contributed by atoms with Gasteiger partial charge >= 0.3 is 0 Å². The number of ketones is 1. The second kappa shape index (κ2) is 20.2. The van der Waals surface area contributed by atoms with Crippen molar-refractivity contribution in [2.45, 2.75) is 142 Å². The number of hydrogen-bond acceptors (Lipinski definition) is 8. The van der Waals surface area contributed by atoms with E-state index >= 15 is 0 Å². The molecule has 1 aromatic rings. The van der Waals surface area contributed by atoms with Crippen molar-refractivity contribution in [1.82, 2.24) is 20.0 Å². The largest absolute Gasteiger partial charge is 0.396 e. The number of likely N-dealkylation sites (N-methyl/N-ethyl adjacent to an activating group) is 1. The predicted molar refractivity (Wildman–Crippen MR) is 211 cm³/mol. The summed E-state index contributed by atoms with van der Waals surface area (Å²) in [6.07, 6.45) is 4.48. The second-order valence-corrected chi connectivity index (χ2v) is 16.8. The van der Waals surface area contributed by atoms with E-state index in [0.29, 0.717) is 19.4 Å². The molecule has 55 heavy (non-hydrogen) atoms. The van der Waals surface area contributed by atoms with Gasteiger partial charge in [-0.3, -0.25) is 24.0 Å². The first kappa shape index (κ1) is 44.4. The Morgan fingerprint density at radius 3 is 2.25 bits per heavy atom. The summed E-state index contributed by atoms with van der Waals surface area (Å²) in [5.74, 6) is -1.68. The predicted octanol–water partition coefficient (Wildman–Crippen LogP) is 4.26. The molecule has 2 N–H and O–H groups in total. The summed E-state index contributed by atoms with van der Waals surface area (Å²) < 4.78 is 12.0. The van der Waals surface area contributed by atoms with Crippen LogP contribution in [0.4, 0.5) is 0 Å². The van der Waals surface area contributed by atoms with Crippen LogP contribution in [0.3, 0.4) is 0 Å². The smallest absolute Gasteiger partial charge is 0.245 e. The number of amides is 4. The number of rotatable bonds is 20. The van der Waals surface area contributed by atoms with Crippen molar-refractivity contribution < 1.29 is 38.6 Å². The molecule has 4 rings (SSSR count). The molecule has 3 aliphatic rings. The first-order chi connectivity index (χ1) is 26.2. The molecule has 12 heteroatoms. The van der Waals surface area contributed by atoms with Gasteiger partial charge in [0, 0.05) is 59.7 Å². The van der Waals surface area contributed by atoms with Gasteiger partial charge in [0.2, 0.25) is 23.6 Å². The van der Waals surface area contributed by atoms with Gasteiger partial charge in [0.05, 0.1) is 30.7 Å². The molecule has 12 nitrogen and oxygen atoms in total. The molecule has 4 amide bonds. The maximum absolute atomic E-state index is 14.4. The molecular formula is C43H68N4O8. The first-order valence-corrected chi connectivity index (χ1v) is 20.6. The van der Waals surface area contributed by atoms with E-state index in [2.05, 4.69) is 5.32 Å². The third-order valence-corrected chi connectivity index (χ3v) is 12.9. The number of nitrogens with one attached hydrogen (secondary N) is 1. The summed E-state index contributed by atoms with van der Waals surface area (Å²) in [7, 11) is 4.87. The zero-order valence-electron chi connectivity index (χ0n) is 34.7. The number of piperidine rings is 1. The van der Waals surface area contributed by atoms with Crippen molar-refractivity contribution in [3.63, 3.8) is 0 Å². The zero-order chi connectivity index (χ0) is 40.6. The van der Waals surface area contributed by atoms with Crippen LogP contribution < -0.4 is 5.32 Å². The number of likely N-dealkylation sites (tertiary alicyclic amines) is 2. The highest BCUT2D eigenvalue weighted by Gasteiger charge is 2.51. The van der Waals surface area contributed by atoms with Gasteiger partial charge in [0.15, 0.2) is 0 Å². The van der Waals surface area contributed by atoms with Gasteiger partial charge in [-0.1, -0.05) is 71.4 Å². The lowest BCUT2D eigenvalue weighted by atomic mass is 9.86. The van der Waals surface area contributed by atoms with Crippen LogP contribution in [0.1, 0.15) is 98.5 Å². The summed E-state index contributed by atoms with van der Waals surface area (Å²) in [6.45, 7) is 11.7. The number of ether oxygens (including phenoxy) is 2. The normalized spacial score (nSPS) is 24.6. The molecule has 2 bridgehead atoms. The average molecular weight is 769 g/mol. The van der Waals surface area contributed by atoms with Gasteiger partial charge in [-0.25, -0.2) is 0 Å². The standard InChI is InChI=1S/C43H68N4O8/c1-10-27(4)39(45(7)43(53)38(26(2)3)44-42(52)40-32-18-19-33(23-32)47(40)29(6)49)36(54-8)24-37(51)46-20-14-17-34(46)41(55-9)28(5)35(50)22-31(25-48)21-30-15-12-11-13-16-30/h11-13,15-16,26-28,31-34,36,38-41,48H,10,14,17-25H2,1-9H3,(H,44,52)/t27-,28-,31+,32-,33+,34-,36+,38-,39-,40-,41+/m0/s1. The summed E-state index contributed by atoms with van der Waals surface area (Å²) >= 11 is 0. The number of Topliss-reactive ketones (excluding diaryl/α,β-unsaturated/α-hetero) is 1. The zero-order valence-corrected chi connectivity index (χ0v) is 34.7. The number of nitrogens with zero attached hydrogens (tertiary/aromatic N) is 3. The van der Waals surface area contributed by atoms with Crippen LogP contribution in [0.25, 0.3) is 0 Å². The van der Waals surface area contributed by atoms with Gasteiger partial charge in [-0.2, -0.15) is 0 Å². The Morgan fingerprint density at radius 1 is 0.982 bits per heavy atom. The third kappa shape index (κ3) is 10.3. The van der Waals surface area contributed by atoms with Crippen LogP contribution in [0.2, 0.25) is 0 Å². The van der Waals surface area contributed by atoms with Crippen molar-refractivity contribution in [3.05, 3.63) is 35.9 Å². The molecule has 3 fully saturated rings. The van der Waals surface area contributed by atoms with Crippen molar-refractivity contribution in [1.29, 1.82) is 0 Å². The van der Waals surface area contributed by atoms with E-state index in [0.717, 1.165) is 37.7 Å². The number of carbonyl (C=O) groups is 5. The highest BCUT2D eigenvalue weighted by molar-refractivity contribution is 5.93. The Hall–Kier alpha value is -3.35. The fourth-order valence-electron chi connectivity index (χ4n) is 9.71. The molecule has 0 radical (unpaired) electrons. The summed E-state index contributed by atoms with van der Waals surface area (Å²) in [5.41, 5.74) is 1.06. The van der Waals surface area contributed by atoms with E-state index in [1.165, 1.54) is 6.92 Å². The Bertz CT molecular complexity index is 1460. The van der Waals surface area contributed by atoms with Crippen LogP contribution in [-0.4, -0.2) is 126 Å². The molecule has 2 saturated heterocycles. The van der Waals surface area contributed by atoms with Gasteiger partial charge in [-0.05, 0) is 67.8 Å². The van der Waals surface area contributed by atoms with Crippen LogP contribution in [-0.2, 0) is 39.9 Å². The minimum Gasteiger partial charge on any atom is -0.396 e. The van der Waals surface area contributed by atoms with E-state index in [-0.39, 0.29) is 84.6 Å². The summed E-state index contributed by atoms with van der Waals surface area (Å²) in [4.78, 5) is 73.7. The van der Waals surface area contributed by atoms with Crippen molar-refractivity contribution >= 4 is 29.4 Å². The molecule has 1 aliphatic carbocycles. The first-order valence-electron chi connectivity index (χ1n) is 20.6. The monoisotopic (exact) mass is 769 g/mol. The van der Waals surface area contributed by atoms with Crippen molar-refractivity contribution in [3.8, 4) is 0 Å². The fraction of sp³-hybridized carbons (Fsp3) is 0.744. The van der Waals surface area contributed by atoms with E-state index in [1.54, 1.807) is 31.1 Å². The number of methoxy groups -OCH3 is 2. The SMILES string of the molecule is CC[C@H](C)[C@@H]([C@@H](CC(=O)N1CCC[C@H]1[C@H](OC)[C@@H](C)C(=O)C[C@H](CO)Cc1ccccc1)OC)N(C)C(=O)[C@@H](NC(=O)[C@@H]1[C@H]2CC[C@H](C2)N1C(C)=O)C(C)C. The molecule has 1 saturated carbocycles. The van der Waals surface area contributed by atoms with E-state index < -0.39 is 36.3 Å². The van der Waals surface area contributed by atoms with Crippen LogP contribution in [0, 0.1) is 29.6 Å². The van der Waals surface area contributed by atoms with Crippen molar-refractivity contribution in [2.24, 2.45) is 29.6 Å². The molecule has 2 heterocycles. The number of carbonyl (C=O) groups excluding carboxylic acids is 5. The number of hydrogen-bond donors (Lipinski definition) is 2. The molecular weight excluding hydrogens is 700 g/mol. The highest BCUT2D eigenvalue weighted by Crippen LogP contribution is 2.42. The molecule has 0 spiro atoms. The van der Waals surface area contributed by atoms with Gasteiger partial charge in [-0.15, -0.1) is 0 Å². The second-order valence-electron chi connectivity index (χ2n) is 16.8. The van der Waals surface area contributed by atoms with Gasteiger partial charge in [0.25, 0.3) is 0 Å². The number of benzene rings is 1. The minimum atomic E-state index is -0.826. The summed E-state index contributed by atoms with van der Waals surface area (Å²) in [6, 6.07) is 7.72. The average Bonchev–Trinajstić information content (AvgIpc) is 3.94.